The van der Waals surface area contributed by atoms with Gasteiger partial charge in [-0.3, -0.25) is 9.59 Å². The molecule has 48 heavy (non-hydrogen) atoms. The fourth-order valence-electron chi connectivity index (χ4n) is 6.11. The lowest BCUT2D eigenvalue weighted by Gasteiger charge is -2.35. The summed E-state index contributed by atoms with van der Waals surface area (Å²) >= 11 is 0. The van der Waals surface area contributed by atoms with Gasteiger partial charge in [0.25, 0.3) is 11.8 Å². The smallest absolute Gasteiger partial charge is 0.323 e. The Hall–Kier alpha value is -5.07. The number of nitrogens with one attached hydrogen (secondary N) is 2. The Labute approximate surface area is 280 Å². The number of fused-ring (bicyclic) bond motifs is 1. The number of carbonyl (C=O) groups excluding carboxylic acids is 3. The van der Waals surface area contributed by atoms with Crippen LogP contribution >= 0.6 is 0 Å². The molecule has 0 spiro atoms. The highest BCUT2D eigenvalue weighted by Crippen LogP contribution is 2.30. The van der Waals surface area contributed by atoms with Crippen molar-refractivity contribution in [2.45, 2.75) is 18.9 Å². The highest BCUT2D eigenvalue weighted by Gasteiger charge is 2.26. The number of amides is 4. The third-order valence-electron chi connectivity index (χ3n) is 8.91. The standard InChI is InChI=1S/C36H42N8O4/c1-41(2)29-15-17-44(18-16-29)35(46)26-9-14-30-31(23-26)39-32(40-33(30)43-19-21-48-22-20-43)24-5-10-27(11-6-24)37-36(47)38-28-12-7-25(8-13-28)34(45)42(3)4/h5-14,23,29H,15-22H2,1-4H3,(H2,37,38,47). The minimum Gasteiger partial charge on any atom is -0.378 e. The highest BCUT2D eigenvalue weighted by molar-refractivity contribution is 6.01. The Bertz CT molecular complexity index is 1780. The van der Waals surface area contributed by atoms with E-state index in [1.807, 2.05) is 35.2 Å². The zero-order chi connectivity index (χ0) is 33.8. The van der Waals surface area contributed by atoms with Crippen molar-refractivity contribution in [2.24, 2.45) is 0 Å². The number of hydrogen-bond acceptors (Lipinski definition) is 8. The maximum Gasteiger partial charge on any atom is 0.323 e. The number of anilines is 3. The zero-order valence-electron chi connectivity index (χ0n) is 27.9. The monoisotopic (exact) mass is 650 g/mol. The fourth-order valence-corrected chi connectivity index (χ4v) is 6.11. The molecule has 0 aliphatic carbocycles. The van der Waals surface area contributed by atoms with Gasteiger partial charge in [0.05, 0.1) is 18.7 Å². The van der Waals surface area contributed by atoms with Crippen molar-refractivity contribution in [3.05, 3.63) is 77.9 Å². The number of aromatic nitrogens is 2. The number of nitrogens with zero attached hydrogens (tertiary/aromatic N) is 6. The lowest BCUT2D eigenvalue weighted by molar-refractivity contribution is 0.0663. The van der Waals surface area contributed by atoms with Gasteiger partial charge in [0, 0.05) is 79.8 Å². The maximum absolute atomic E-state index is 13.6. The summed E-state index contributed by atoms with van der Waals surface area (Å²) in [7, 11) is 7.57. The molecule has 250 valence electrons. The number of benzene rings is 3. The van der Waals surface area contributed by atoms with Crippen LogP contribution in [0.2, 0.25) is 0 Å². The summed E-state index contributed by atoms with van der Waals surface area (Å²) < 4.78 is 5.60. The number of urea groups is 1. The topological polar surface area (TPSA) is 123 Å². The van der Waals surface area contributed by atoms with Crippen LogP contribution in [0.15, 0.2) is 66.7 Å². The van der Waals surface area contributed by atoms with Gasteiger partial charge in [-0.1, -0.05) is 0 Å². The van der Waals surface area contributed by atoms with Gasteiger partial charge in [-0.05, 0) is 93.7 Å². The lowest BCUT2D eigenvalue weighted by Crippen LogP contribution is -2.44. The molecule has 3 heterocycles. The van der Waals surface area contributed by atoms with E-state index in [1.54, 1.807) is 50.5 Å². The molecule has 3 aromatic carbocycles. The lowest BCUT2D eigenvalue weighted by atomic mass is 10.0. The van der Waals surface area contributed by atoms with Crippen LogP contribution in [0.25, 0.3) is 22.3 Å². The number of carbonyl (C=O) groups is 3. The summed E-state index contributed by atoms with van der Waals surface area (Å²) in [6, 6.07) is 19.9. The Kier molecular flexibility index (Phi) is 9.83. The van der Waals surface area contributed by atoms with E-state index in [0.29, 0.717) is 66.2 Å². The second-order valence-corrected chi connectivity index (χ2v) is 12.6. The molecule has 2 aliphatic rings. The summed E-state index contributed by atoms with van der Waals surface area (Å²) in [6.07, 6.45) is 1.91. The molecule has 0 unspecified atom stereocenters. The molecule has 4 aromatic rings. The minimum absolute atomic E-state index is 0.0221. The number of likely N-dealkylation sites (tertiary alicyclic amines) is 1. The molecule has 2 saturated heterocycles. The number of hydrogen-bond donors (Lipinski definition) is 2. The van der Waals surface area contributed by atoms with E-state index >= 15 is 0 Å². The van der Waals surface area contributed by atoms with Gasteiger partial charge in [0.2, 0.25) is 0 Å². The van der Waals surface area contributed by atoms with Gasteiger partial charge >= 0.3 is 6.03 Å². The molecule has 2 aliphatic heterocycles. The molecule has 12 nitrogen and oxygen atoms in total. The van der Waals surface area contributed by atoms with E-state index in [1.165, 1.54) is 4.90 Å². The van der Waals surface area contributed by atoms with Gasteiger partial charge < -0.3 is 35.0 Å². The van der Waals surface area contributed by atoms with Crippen molar-refractivity contribution < 1.29 is 19.1 Å². The first-order chi connectivity index (χ1) is 23.2. The fraction of sp³-hybridized carbons (Fsp3) is 0.361. The van der Waals surface area contributed by atoms with Crippen LogP contribution in [0.5, 0.6) is 0 Å². The van der Waals surface area contributed by atoms with E-state index in [0.717, 1.165) is 42.7 Å². The summed E-state index contributed by atoms with van der Waals surface area (Å²) in [5, 5.41) is 6.52. The van der Waals surface area contributed by atoms with Crippen LogP contribution in [-0.2, 0) is 4.74 Å². The zero-order valence-corrected chi connectivity index (χ0v) is 27.9. The predicted octanol–water partition coefficient (Wildman–Crippen LogP) is 4.65. The molecule has 0 radical (unpaired) electrons. The van der Waals surface area contributed by atoms with Crippen LogP contribution in [0.3, 0.4) is 0 Å². The summed E-state index contributed by atoms with van der Waals surface area (Å²) in [5.74, 6) is 1.25. The average molecular weight is 651 g/mol. The van der Waals surface area contributed by atoms with Crippen LogP contribution in [0.1, 0.15) is 33.6 Å². The first-order valence-electron chi connectivity index (χ1n) is 16.3. The molecule has 0 bridgehead atoms. The highest BCUT2D eigenvalue weighted by atomic mass is 16.5. The van der Waals surface area contributed by atoms with Gasteiger partial charge in [-0.2, -0.15) is 0 Å². The number of morpholine rings is 1. The van der Waals surface area contributed by atoms with Crippen molar-refractivity contribution in [1.29, 1.82) is 0 Å². The SMILES string of the molecule is CN(C)C(=O)c1ccc(NC(=O)Nc2ccc(-c3nc(N4CCOCC4)c4ccc(C(=O)N5CCC(N(C)C)CC5)cc4n3)cc2)cc1. The number of piperidine rings is 1. The minimum atomic E-state index is -0.408. The van der Waals surface area contributed by atoms with Crippen molar-refractivity contribution in [2.75, 3.05) is 83.1 Å². The average Bonchev–Trinajstić information content (AvgIpc) is 3.11. The third kappa shape index (κ3) is 7.40. The van der Waals surface area contributed by atoms with E-state index in [-0.39, 0.29) is 11.8 Å². The second-order valence-electron chi connectivity index (χ2n) is 12.6. The molecular formula is C36H42N8O4. The van der Waals surface area contributed by atoms with Crippen LogP contribution in [0, 0.1) is 0 Å². The predicted molar refractivity (Wildman–Crippen MR) is 188 cm³/mol. The van der Waals surface area contributed by atoms with Crippen molar-refractivity contribution in [3.8, 4) is 11.4 Å². The van der Waals surface area contributed by atoms with Gasteiger partial charge in [-0.15, -0.1) is 0 Å². The summed E-state index contributed by atoms with van der Waals surface area (Å²) in [6.45, 7) is 4.11. The first-order valence-corrected chi connectivity index (χ1v) is 16.3. The van der Waals surface area contributed by atoms with Crippen molar-refractivity contribution >= 4 is 45.9 Å². The molecule has 2 N–H and O–H groups in total. The summed E-state index contributed by atoms with van der Waals surface area (Å²) in [5.41, 5.74) is 3.80. The van der Waals surface area contributed by atoms with Crippen molar-refractivity contribution in [3.63, 3.8) is 0 Å². The van der Waals surface area contributed by atoms with Crippen molar-refractivity contribution in [1.82, 2.24) is 24.7 Å². The quantitative estimate of drug-likeness (QED) is 0.297. The van der Waals surface area contributed by atoms with Gasteiger partial charge in [0.1, 0.15) is 5.82 Å². The molecule has 12 heteroatoms. The van der Waals surface area contributed by atoms with Gasteiger partial charge in [0.15, 0.2) is 5.82 Å². The van der Waals surface area contributed by atoms with E-state index in [9.17, 15) is 14.4 Å². The Morgan fingerprint density at radius 1 is 0.771 bits per heavy atom. The molecule has 4 amide bonds. The molecular weight excluding hydrogens is 608 g/mol. The molecule has 2 fully saturated rings. The van der Waals surface area contributed by atoms with Crippen LogP contribution in [0.4, 0.5) is 22.0 Å². The second kappa shape index (κ2) is 14.4. The van der Waals surface area contributed by atoms with Crippen LogP contribution in [-0.4, -0.2) is 116 Å². The Balaban J connectivity index is 1.21. The maximum atomic E-state index is 13.6. The van der Waals surface area contributed by atoms with E-state index < -0.39 is 6.03 Å². The normalized spacial score (nSPS) is 15.4. The molecule has 0 atom stereocenters. The van der Waals surface area contributed by atoms with Crippen LogP contribution < -0.4 is 15.5 Å². The van der Waals surface area contributed by atoms with Gasteiger partial charge in [-0.25, -0.2) is 14.8 Å². The Morgan fingerprint density at radius 2 is 1.38 bits per heavy atom. The molecule has 0 saturated carbocycles. The van der Waals surface area contributed by atoms with E-state index in [2.05, 4.69) is 34.5 Å². The first kappa shape index (κ1) is 32.9. The number of ether oxygens (including phenoxy) is 1. The van der Waals surface area contributed by atoms with E-state index in [4.69, 9.17) is 14.7 Å². The molecule has 1 aromatic heterocycles. The third-order valence-corrected chi connectivity index (χ3v) is 8.91. The Morgan fingerprint density at radius 3 is 1.98 bits per heavy atom. The summed E-state index contributed by atoms with van der Waals surface area (Å²) in [4.78, 5) is 56.2. The number of rotatable bonds is 7. The largest absolute Gasteiger partial charge is 0.378 e. The molecule has 6 rings (SSSR count).